The number of aliphatic hydroxyl groups excluding tert-OH is 1. The SMILES string of the molecule is O=C1Cn2c(nc3ccccc32)/C1=C\O. The lowest BCUT2D eigenvalue weighted by Crippen LogP contribution is -1.98. The Morgan fingerprint density at radius 1 is 1.40 bits per heavy atom. The first kappa shape index (κ1) is 8.23. The van der Waals surface area contributed by atoms with Gasteiger partial charge in [0.05, 0.1) is 29.4 Å². The first-order valence-corrected chi connectivity index (χ1v) is 4.64. The summed E-state index contributed by atoms with van der Waals surface area (Å²) in [5, 5.41) is 8.97. The predicted molar refractivity (Wildman–Crippen MR) is 55.3 cm³/mol. The zero-order valence-electron chi connectivity index (χ0n) is 7.84. The van der Waals surface area contributed by atoms with Crippen molar-refractivity contribution in [1.29, 1.82) is 0 Å². The molecule has 2 aromatic rings. The molecule has 0 saturated carbocycles. The molecular formula is C11H8N2O2. The van der Waals surface area contributed by atoms with Crippen LogP contribution in [0.3, 0.4) is 0 Å². The summed E-state index contributed by atoms with van der Waals surface area (Å²) in [7, 11) is 0. The Labute approximate surface area is 85.5 Å². The Kier molecular flexibility index (Phi) is 1.48. The number of imidazole rings is 1. The fourth-order valence-electron chi connectivity index (χ4n) is 1.92. The molecule has 0 unspecified atom stereocenters. The van der Waals surface area contributed by atoms with E-state index in [9.17, 15) is 4.79 Å². The van der Waals surface area contributed by atoms with Gasteiger partial charge in [0, 0.05) is 0 Å². The van der Waals surface area contributed by atoms with Crippen molar-refractivity contribution in [1.82, 2.24) is 9.55 Å². The van der Waals surface area contributed by atoms with Crippen molar-refractivity contribution in [2.45, 2.75) is 6.54 Å². The van der Waals surface area contributed by atoms with E-state index in [0.717, 1.165) is 17.3 Å². The maximum absolute atomic E-state index is 11.5. The summed E-state index contributed by atoms with van der Waals surface area (Å²) in [6, 6.07) is 7.61. The van der Waals surface area contributed by atoms with Crippen LogP contribution < -0.4 is 0 Å². The Hall–Kier alpha value is -2.10. The second-order valence-corrected chi connectivity index (χ2v) is 3.48. The number of allylic oxidation sites excluding steroid dienone is 1. The molecule has 0 aliphatic carbocycles. The summed E-state index contributed by atoms with van der Waals surface area (Å²) in [6.45, 7) is 0.266. The summed E-state index contributed by atoms with van der Waals surface area (Å²) < 4.78 is 1.82. The van der Waals surface area contributed by atoms with Crippen molar-refractivity contribution < 1.29 is 9.90 Å². The highest BCUT2D eigenvalue weighted by molar-refractivity contribution is 6.22. The van der Waals surface area contributed by atoms with Gasteiger partial charge in [-0.05, 0) is 12.1 Å². The van der Waals surface area contributed by atoms with E-state index in [4.69, 9.17) is 5.11 Å². The van der Waals surface area contributed by atoms with Crippen LogP contribution in [0.1, 0.15) is 5.82 Å². The van der Waals surface area contributed by atoms with Crippen molar-refractivity contribution in [2.24, 2.45) is 0 Å². The Morgan fingerprint density at radius 3 is 3.00 bits per heavy atom. The maximum atomic E-state index is 11.5. The first-order valence-electron chi connectivity index (χ1n) is 4.64. The second-order valence-electron chi connectivity index (χ2n) is 3.48. The van der Waals surface area contributed by atoms with Gasteiger partial charge < -0.3 is 9.67 Å². The highest BCUT2D eigenvalue weighted by Gasteiger charge is 2.28. The molecule has 0 atom stereocenters. The van der Waals surface area contributed by atoms with Crippen LogP contribution in [-0.4, -0.2) is 20.4 Å². The molecule has 0 saturated heterocycles. The van der Waals surface area contributed by atoms with Crippen molar-refractivity contribution >= 4 is 22.4 Å². The van der Waals surface area contributed by atoms with Gasteiger partial charge in [-0.2, -0.15) is 0 Å². The molecule has 1 aliphatic heterocycles. The van der Waals surface area contributed by atoms with Crippen LogP contribution >= 0.6 is 0 Å². The van der Waals surface area contributed by atoms with E-state index in [1.807, 2.05) is 28.8 Å². The highest BCUT2D eigenvalue weighted by Crippen LogP contribution is 2.27. The minimum absolute atomic E-state index is 0.0919. The Bertz CT molecular complexity index is 596. The number of benzene rings is 1. The summed E-state index contributed by atoms with van der Waals surface area (Å²) in [5.41, 5.74) is 2.07. The number of Topliss-reactive ketones (excluding diaryl/α,β-unsaturated/α-hetero) is 1. The van der Waals surface area contributed by atoms with Crippen molar-refractivity contribution in [3.05, 3.63) is 36.4 Å². The molecule has 0 spiro atoms. The molecule has 0 amide bonds. The Morgan fingerprint density at radius 2 is 2.20 bits per heavy atom. The molecule has 0 radical (unpaired) electrons. The quantitative estimate of drug-likeness (QED) is 0.518. The van der Waals surface area contributed by atoms with Crippen molar-refractivity contribution in [2.75, 3.05) is 0 Å². The van der Waals surface area contributed by atoms with E-state index in [-0.39, 0.29) is 12.3 Å². The summed E-state index contributed by atoms with van der Waals surface area (Å²) in [4.78, 5) is 15.8. The molecular weight excluding hydrogens is 192 g/mol. The predicted octanol–water partition coefficient (Wildman–Crippen LogP) is 1.52. The fourth-order valence-corrected chi connectivity index (χ4v) is 1.92. The zero-order valence-corrected chi connectivity index (χ0v) is 7.84. The second kappa shape index (κ2) is 2.70. The number of ketones is 1. The first-order chi connectivity index (χ1) is 7.31. The van der Waals surface area contributed by atoms with E-state index < -0.39 is 0 Å². The molecule has 1 aromatic heterocycles. The van der Waals surface area contributed by atoms with Gasteiger partial charge in [-0.3, -0.25) is 4.79 Å². The zero-order chi connectivity index (χ0) is 10.4. The summed E-state index contributed by atoms with van der Waals surface area (Å²) in [6.07, 6.45) is 0.840. The molecule has 1 aromatic carbocycles. The van der Waals surface area contributed by atoms with E-state index in [1.54, 1.807) is 0 Å². The standard InChI is InChI=1S/C11H8N2O2/c14-6-7-10(15)5-13-9-4-2-1-3-8(9)12-11(7)13/h1-4,6,14H,5H2/b7-6-. The molecule has 1 N–H and O–H groups in total. The van der Waals surface area contributed by atoms with Crippen LogP contribution in [-0.2, 0) is 11.3 Å². The van der Waals surface area contributed by atoms with Gasteiger partial charge in [-0.15, -0.1) is 0 Å². The lowest BCUT2D eigenvalue weighted by atomic mass is 10.2. The number of hydrogen-bond donors (Lipinski definition) is 1. The van der Waals surface area contributed by atoms with Crippen LogP contribution in [0.2, 0.25) is 0 Å². The van der Waals surface area contributed by atoms with Crippen molar-refractivity contribution in [3.8, 4) is 0 Å². The molecule has 4 heteroatoms. The third kappa shape index (κ3) is 0.958. The molecule has 0 bridgehead atoms. The number of aromatic nitrogens is 2. The lowest BCUT2D eigenvalue weighted by molar-refractivity contribution is -0.113. The number of nitrogens with zero attached hydrogens (tertiary/aromatic N) is 2. The average Bonchev–Trinajstić information content (AvgIpc) is 2.72. The fraction of sp³-hybridized carbons (Fsp3) is 0.0909. The smallest absolute Gasteiger partial charge is 0.189 e. The van der Waals surface area contributed by atoms with Gasteiger partial charge in [-0.25, -0.2) is 4.98 Å². The van der Waals surface area contributed by atoms with Gasteiger partial charge in [0.1, 0.15) is 5.82 Å². The lowest BCUT2D eigenvalue weighted by Gasteiger charge is -1.94. The normalized spacial score (nSPS) is 17.6. The van der Waals surface area contributed by atoms with E-state index in [0.29, 0.717) is 11.4 Å². The number of rotatable bonds is 0. The molecule has 2 heterocycles. The highest BCUT2D eigenvalue weighted by atomic mass is 16.2. The number of aliphatic hydroxyl groups is 1. The van der Waals surface area contributed by atoms with E-state index >= 15 is 0 Å². The molecule has 3 rings (SSSR count). The van der Waals surface area contributed by atoms with Crippen LogP contribution in [0, 0.1) is 0 Å². The third-order valence-corrected chi connectivity index (χ3v) is 2.63. The molecule has 1 aliphatic rings. The topological polar surface area (TPSA) is 55.1 Å². The van der Waals surface area contributed by atoms with Gasteiger partial charge >= 0.3 is 0 Å². The van der Waals surface area contributed by atoms with Gasteiger partial charge in [-0.1, -0.05) is 12.1 Å². The van der Waals surface area contributed by atoms with E-state index in [1.165, 1.54) is 0 Å². The van der Waals surface area contributed by atoms with Crippen LogP contribution in [0.15, 0.2) is 30.5 Å². The molecule has 15 heavy (non-hydrogen) atoms. The van der Waals surface area contributed by atoms with Gasteiger partial charge in [0.2, 0.25) is 0 Å². The minimum Gasteiger partial charge on any atom is -0.515 e. The van der Waals surface area contributed by atoms with E-state index in [2.05, 4.69) is 4.98 Å². The van der Waals surface area contributed by atoms with Crippen LogP contribution in [0.4, 0.5) is 0 Å². The largest absolute Gasteiger partial charge is 0.515 e. The van der Waals surface area contributed by atoms with Crippen LogP contribution in [0.5, 0.6) is 0 Å². The minimum atomic E-state index is -0.0919. The number of para-hydroxylation sites is 2. The Balaban J connectivity index is 2.38. The number of carbonyl (C=O) groups is 1. The monoisotopic (exact) mass is 200 g/mol. The van der Waals surface area contributed by atoms with Gasteiger partial charge in [0.15, 0.2) is 5.78 Å². The molecule has 74 valence electrons. The van der Waals surface area contributed by atoms with Crippen LogP contribution in [0.25, 0.3) is 16.6 Å². The van der Waals surface area contributed by atoms with Gasteiger partial charge in [0.25, 0.3) is 0 Å². The average molecular weight is 200 g/mol. The third-order valence-electron chi connectivity index (χ3n) is 2.63. The number of fused-ring (bicyclic) bond motifs is 3. The summed E-state index contributed by atoms with van der Waals surface area (Å²) >= 11 is 0. The molecule has 0 fully saturated rings. The number of carbonyl (C=O) groups excluding carboxylic acids is 1. The summed E-state index contributed by atoms with van der Waals surface area (Å²) in [5.74, 6) is 0.467. The van der Waals surface area contributed by atoms with Crippen molar-refractivity contribution in [3.63, 3.8) is 0 Å². The molecule has 4 nitrogen and oxygen atoms in total. The number of hydrogen-bond acceptors (Lipinski definition) is 3. The maximum Gasteiger partial charge on any atom is 0.189 e.